The summed E-state index contributed by atoms with van der Waals surface area (Å²) in [4.78, 5) is 12.0. The lowest BCUT2D eigenvalue weighted by Gasteiger charge is -2.21. The Morgan fingerprint density at radius 3 is 2.89 bits per heavy atom. The van der Waals surface area contributed by atoms with Gasteiger partial charge in [-0.15, -0.1) is 11.3 Å². The fraction of sp³-hybridized carbons (Fsp3) is 0.455. The van der Waals surface area contributed by atoms with Gasteiger partial charge in [-0.2, -0.15) is 9.57 Å². The van der Waals surface area contributed by atoms with Crippen molar-refractivity contribution in [3.8, 4) is 6.07 Å². The molecule has 0 aliphatic carbocycles. The van der Waals surface area contributed by atoms with E-state index in [1.165, 1.54) is 23.5 Å². The van der Waals surface area contributed by atoms with Crippen molar-refractivity contribution in [2.75, 3.05) is 13.6 Å². The minimum Gasteiger partial charge on any atom is -0.358 e. The normalized spacial score (nSPS) is 20.1. The van der Waals surface area contributed by atoms with Gasteiger partial charge in [-0.25, -0.2) is 8.42 Å². The van der Waals surface area contributed by atoms with Crippen LogP contribution in [-0.4, -0.2) is 38.3 Å². The van der Waals surface area contributed by atoms with Crippen LogP contribution in [0.3, 0.4) is 0 Å². The quantitative estimate of drug-likeness (QED) is 0.881. The Morgan fingerprint density at radius 1 is 1.58 bits per heavy atom. The Hall–Kier alpha value is -1.43. The molecule has 2 rings (SSSR count). The molecule has 1 saturated heterocycles. The van der Waals surface area contributed by atoms with Crippen molar-refractivity contribution in [2.24, 2.45) is 0 Å². The van der Waals surface area contributed by atoms with Gasteiger partial charge in [0.15, 0.2) is 0 Å². The summed E-state index contributed by atoms with van der Waals surface area (Å²) in [7, 11) is -2.20. The van der Waals surface area contributed by atoms with Crippen LogP contribution in [0.1, 0.15) is 17.7 Å². The molecule has 0 spiro atoms. The molecule has 19 heavy (non-hydrogen) atoms. The van der Waals surface area contributed by atoms with Crippen LogP contribution in [0, 0.1) is 11.3 Å². The number of sulfonamides is 1. The highest BCUT2D eigenvalue weighted by Crippen LogP contribution is 2.30. The van der Waals surface area contributed by atoms with Gasteiger partial charge in [0, 0.05) is 13.6 Å². The van der Waals surface area contributed by atoms with E-state index in [2.05, 4.69) is 5.32 Å². The predicted octanol–water partition coefficient (Wildman–Crippen LogP) is 0.519. The molecule has 1 aromatic rings. The van der Waals surface area contributed by atoms with E-state index in [4.69, 9.17) is 5.26 Å². The number of rotatable bonds is 3. The van der Waals surface area contributed by atoms with Crippen molar-refractivity contribution >= 4 is 27.3 Å². The number of amides is 1. The van der Waals surface area contributed by atoms with Gasteiger partial charge in [0.25, 0.3) is 10.0 Å². The van der Waals surface area contributed by atoms with Crippen LogP contribution < -0.4 is 5.32 Å². The molecule has 1 N–H and O–H groups in total. The first-order valence-electron chi connectivity index (χ1n) is 5.74. The summed E-state index contributed by atoms with van der Waals surface area (Å²) in [6, 6.07) is 4.15. The highest BCUT2D eigenvalue weighted by Gasteiger charge is 2.39. The maximum absolute atomic E-state index is 12.4. The molecule has 1 fully saturated rings. The zero-order valence-electron chi connectivity index (χ0n) is 10.3. The first-order chi connectivity index (χ1) is 9.00. The largest absolute Gasteiger partial charge is 0.358 e. The highest BCUT2D eigenvalue weighted by molar-refractivity contribution is 7.91. The van der Waals surface area contributed by atoms with Crippen LogP contribution in [0.15, 0.2) is 16.3 Å². The lowest BCUT2D eigenvalue weighted by atomic mass is 10.2. The Bertz CT molecular complexity index is 630. The molecule has 1 aliphatic heterocycles. The molecule has 1 aliphatic rings. The number of nitrogens with zero attached hydrogens (tertiary/aromatic N) is 2. The number of carbonyl (C=O) groups excluding carboxylic acids is 1. The zero-order valence-corrected chi connectivity index (χ0v) is 11.9. The van der Waals surface area contributed by atoms with Crippen molar-refractivity contribution in [1.82, 2.24) is 9.62 Å². The molecule has 8 heteroatoms. The van der Waals surface area contributed by atoms with Gasteiger partial charge >= 0.3 is 0 Å². The maximum Gasteiger partial charge on any atom is 0.253 e. The number of nitriles is 1. The molecule has 6 nitrogen and oxygen atoms in total. The third-order valence-corrected chi connectivity index (χ3v) is 6.37. The van der Waals surface area contributed by atoms with Crippen molar-refractivity contribution in [3.63, 3.8) is 0 Å². The number of likely N-dealkylation sites (N-methyl/N-ethyl adjacent to an activating group) is 1. The first kappa shape index (κ1) is 14.0. The van der Waals surface area contributed by atoms with Crippen LogP contribution in [-0.2, 0) is 14.8 Å². The maximum atomic E-state index is 12.4. The third-order valence-electron chi connectivity index (χ3n) is 3.01. The summed E-state index contributed by atoms with van der Waals surface area (Å²) in [6.45, 7) is 0.334. The fourth-order valence-corrected chi connectivity index (χ4v) is 4.98. The Balaban J connectivity index is 2.34. The van der Waals surface area contributed by atoms with Crippen LogP contribution in [0.5, 0.6) is 0 Å². The van der Waals surface area contributed by atoms with Gasteiger partial charge in [-0.1, -0.05) is 0 Å². The minimum atomic E-state index is -3.69. The molecule has 0 saturated carbocycles. The van der Waals surface area contributed by atoms with Crippen molar-refractivity contribution < 1.29 is 13.2 Å². The summed E-state index contributed by atoms with van der Waals surface area (Å²) < 4.78 is 26.2. The second-order valence-corrected chi connectivity index (χ2v) is 7.32. The fourth-order valence-electron chi connectivity index (χ4n) is 2.09. The van der Waals surface area contributed by atoms with E-state index in [1.807, 2.05) is 6.07 Å². The van der Waals surface area contributed by atoms with Gasteiger partial charge in [0.1, 0.15) is 21.2 Å². The Morgan fingerprint density at radius 2 is 2.32 bits per heavy atom. The van der Waals surface area contributed by atoms with Gasteiger partial charge in [0.2, 0.25) is 5.91 Å². The Kier molecular flexibility index (Phi) is 3.89. The molecule has 1 aromatic heterocycles. The molecule has 1 amide bonds. The van der Waals surface area contributed by atoms with Crippen LogP contribution in [0.4, 0.5) is 0 Å². The SMILES string of the molecule is CNC(=O)C1CCCN1S(=O)(=O)c1ccc(C#N)s1. The summed E-state index contributed by atoms with van der Waals surface area (Å²) >= 11 is 0.926. The molecular formula is C11H13N3O3S2. The summed E-state index contributed by atoms with van der Waals surface area (Å²) in [5.41, 5.74) is 0. The number of nitrogens with one attached hydrogen (secondary N) is 1. The summed E-state index contributed by atoms with van der Waals surface area (Å²) in [5, 5.41) is 11.2. The number of hydrogen-bond acceptors (Lipinski definition) is 5. The van der Waals surface area contributed by atoms with Gasteiger partial charge < -0.3 is 5.32 Å². The standard InChI is InChI=1S/C11H13N3O3S2/c1-13-11(15)9-3-2-6-14(9)19(16,17)10-5-4-8(7-12)18-10/h4-5,9H,2-3,6H2,1H3,(H,13,15). The molecule has 2 heterocycles. The average molecular weight is 299 g/mol. The van der Waals surface area contributed by atoms with E-state index in [-0.39, 0.29) is 10.1 Å². The van der Waals surface area contributed by atoms with Gasteiger partial charge in [-0.3, -0.25) is 4.79 Å². The predicted molar refractivity (Wildman–Crippen MR) is 70.0 cm³/mol. The average Bonchev–Trinajstić information content (AvgIpc) is 3.06. The van der Waals surface area contributed by atoms with Gasteiger partial charge in [-0.05, 0) is 25.0 Å². The monoisotopic (exact) mass is 299 g/mol. The van der Waals surface area contributed by atoms with E-state index >= 15 is 0 Å². The van der Waals surface area contributed by atoms with Crippen molar-refractivity contribution in [1.29, 1.82) is 5.26 Å². The smallest absolute Gasteiger partial charge is 0.253 e. The molecule has 102 valence electrons. The third kappa shape index (κ3) is 2.49. The molecule has 0 bridgehead atoms. The molecule has 1 unspecified atom stereocenters. The van der Waals surface area contributed by atoms with Crippen molar-refractivity contribution in [2.45, 2.75) is 23.1 Å². The van der Waals surface area contributed by atoms with E-state index in [0.29, 0.717) is 24.3 Å². The van der Waals surface area contributed by atoms with E-state index in [9.17, 15) is 13.2 Å². The number of thiophene rings is 1. The topological polar surface area (TPSA) is 90.3 Å². The minimum absolute atomic E-state index is 0.111. The lowest BCUT2D eigenvalue weighted by Crippen LogP contribution is -2.44. The summed E-state index contributed by atoms with van der Waals surface area (Å²) in [5.74, 6) is -0.293. The van der Waals surface area contributed by atoms with E-state index < -0.39 is 16.1 Å². The number of carbonyl (C=O) groups is 1. The molecular weight excluding hydrogens is 286 g/mol. The first-order valence-corrected chi connectivity index (χ1v) is 7.99. The van der Waals surface area contributed by atoms with Crippen molar-refractivity contribution in [3.05, 3.63) is 17.0 Å². The zero-order chi connectivity index (χ0) is 14.0. The molecule has 0 radical (unpaired) electrons. The van der Waals surface area contributed by atoms with E-state index in [1.54, 1.807) is 0 Å². The molecule has 1 atom stereocenters. The lowest BCUT2D eigenvalue weighted by molar-refractivity contribution is -0.123. The van der Waals surface area contributed by atoms with Crippen LogP contribution in [0.25, 0.3) is 0 Å². The second-order valence-electron chi connectivity index (χ2n) is 4.12. The number of hydrogen-bond donors (Lipinski definition) is 1. The van der Waals surface area contributed by atoms with Gasteiger partial charge in [0.05, 0.1) is 0 Å². The molecule has 0 aromatic carbocycles. The summed E-state index contributed by atoms with van der Waals surface area (Å²) in [6.07, 6.45) is 1.18. The highest BCUT2D eigenvalue weighted by atomic mass is 32.2. The van der Waals surface area contributed by atoms with Crippen LogP contribution >= 0.6 is 11.3 Å². The Labute approximate surface area is 115 Å². The van der Waals surface area contributed by atoms with E-state index in [0.717, 1.165) is 11.3 Å². The van der Waals surface area contributed by atoms with Crippen LogP contribution in [0.2, 0.25) is 0 Å². The second kappa shape index (κ2) is 5.28.